The van der Waals surface area contributed by atoms with Gasteiger partial charge in [-0.2, -0.15) is 0 Å². The van der Waals surface area contributed by atoms with Gasteiger partial charge in [-0.05, 0) is 51.0 Å². The summed E-state index contributed by atoms with van der Waals surface area (Å²) in [7, 11) is 0. The molecule has 5 heteroatoms. The van der Waals surface area contributed by atoms with Crippen LogP contribution in [0.4, 0.5) is 5.69 Å². The molecule has 1 atom stereocenters. The smallest absolute Gasteiger partial charge is 0.340 e. The largest absolute Gasteiger partial charge is 0.449 e. The van der Waals surface area contributed by atoms with Gasteiger partial charge >= 0.3 is 5.97 Å². The first-order chi connectivity index (χ1) is 10.9. The highest BCUT2D eigenvalue weighted by Gasteiger charge is 2.21. The summed E-state index contributed by atoms with van der Waals surface area (Å²) in [6.07, 6.45) is 0.0923. The van der Waals surface area contributed by atoms with Gasteiger partial charge in [0, 0.05) is 15.4 Å². The van der Waals surface area contributed by atoms with Crippen LogP contribution in [-0.4, -0.2) is 18.0 Å². The van der Waals surface area contributed by atoms with Crippen LogP contribution in [0.5, 0.6) is 0 Å². The molecule has 1 aromatic carbocycles. The zero-order valence-corrected chi connectivity index (χ0v) is 14.6. The summed E-state index contributed by atoms with van der Waals surface area (Å²) in [5.74, 6) is -0.803. The molecule has 1 aromatic heterocycles. The standard InChI is InChI=1S/C18H21NO3S/c1-5-14-6-8-15(9-7-14)19-17(20)12(3)22-18(21)16-10-11(2)23-13(16)4/h6-10,12H,5H2,1-4H3,(H,19,20)/t12-/m0/s1. The van der Waals surface area contributed by atoms with Gasteiger partial charge in [-0.1, -0.05) is 19.1 Å². The second-order valence-electron chi connectivity index (χ2n) is 5.41. The molecule has 23 heavy (non-hydrogen) atoms. The second-order valence-corrected chi connectivity index (χ2v) is 6.87. The fourth-order valence-corrected chi connectivity index (χ4v) is 3.09. The van der Waals surface area contributed by atoms with Crippen LogP contribution in [0.3, 0.4) is 0 Å². The van der Waals surface area contributed by atoms with E-state index in [4.69, 9.17) is 4.74 Å². The summed E-state index contributed by atoms with van der Waals surface area (Å²) in [5, 5.41) is 2.76. The van der Waals surface area contributed by atoms with Crippen LogP contribution in [0.2, 0.25) is 0 Å². The van der Waals surface area contributed by atoms with E-state index in [0.717, 1.165) is 16.2 Å². The normalized spacial score (nSPS) is 11.8. The fourth-order valence-electron chi connectivity index (χ4n) is 2.18. The lowest BCUT2D eigenvalue weighted by Gasteiger charge is -2.13. The first kappa shape index (κ1) is 17.2. The number of carbonyl (C=O) groups excluding carboxylic acids is 2. The molecule has 2 rings (SSSR count). The maximum atomic E-state index is 12.1. The lowest BCUT2D eigenvalue weighted by Crippen LogP contribution is -2.30. The number of rotatable bonds is 5. The minimum atomic E-state index is -0.854. The zero-order valence-electron chi connectivity index (χ0n) is 13.8. The molecule has 0 spiro atoms. The molecule has 1 N–H and O–H groups in total. The van der Waals surface area contributed by atoms with Crippen molar-refractivity contribution in [3.05, 3.63) is 51.2 Å². The Kier molecular flexibility index (Phi) is 5.55. The SMILES string of the molecule is CCc1ccc(NC(=O)[C@H](C)OC(=O)c2cc(C)sc2C)cc1. The average molecular weight is 331 g/mol. The van der Waals surface area contributed by atoms with Gasteiger partial charge in [-0.15, -0.1) is 11.3 Å². The molecule has 0 aliphatic carbocycles. The number of ether oxygens (including phenoxy) is 1. The van der Waals surface area contributed by atoms with E-state index in [1.54, 1.807) is 13.0 Å². The Balaban J connectivity index is 1.96. The molecule has 0 saturated carbocycles. The van der Waals surface area contributed by atoms with E-state index in [1.165, 1.54) is 16.9 Å². The van der Waals surface area contributed by atoms with Gasteiger partial charge in [-0.3, -0.25) is 4.79 Å². The number of amides is 1. The summed E-state index contributed by atoms with van der Waals surface area (Å²) in [6.45, 7) is 7.45. The molecule has 0 fully saturated rings. The topological polar surface area (TPSA) is 55.4 Å². The lowest BCUT2D eigenvalue weighted by atomic mass is 10.1. The molecule has 0 bridgehead atoms. The number of aryl methyl sites for hydroxylation is 3. The molecular weight excluding hydrogens is 310 g/mol. The number of hydrogen-bond donors (Lipinski definition) is 1. The summed E-state index contributed by atoms with van der Waals surface area (Å²) >= 11 is 1.54. The number of esters is 1. The van der Waals surface area contributed by atoms with Crippen LogP contribution in [-0.2, 0) is 16.0 Å². The maximum Gasteiger partial charge on any atom is 0.340 e. The van der Waals surface area contributed by atoms with Crippen molar-refractivity contribution in [1.82, 2.24) is 0 Å². The van der Waals surface area contributed by atoms with Crippen LogP contribution in [0.15, 0.2) is 30.3 Å². The third-order valence-corrected chi connectivity index (χ3v) is 4.51. The Morgan fingerprint density at radius 2 is 1.87 bits per heavy atom. The molecule has 2 aromatic rings. The molecule has 0 unspecified atom stereocenters. The first-order valence-electron chi connectivity index (χ1n) is 7.58. The van der Waals surface area contributed by atoms with Crippen molar-refractivity contribution < 1.29 is 14.3 Å². The van der Waals surface area contributed by atoms with E-state index in [9.17, 15) is 9.59 Å². The minimum Gasteiger partial charge on any atom is -0.449 e. The number of anilines is 1. The highest BCUT2D eigenvalue weighted by Crippen LogP contribution is 2.22. The van der Waals surface area contributed by atoms with Gasteiger partial charge in [0.25, 0.3) is 5.91 Å². The van der Waals surface area contributed by atoms with Gasteiger partial charge in [0.15, 0.2) is 6.10 Å². The summed E-state index contributed by atoms with van der Waals surface area (Å²) in [6, 6.07) is 9.40. The van der Waals surface area contributed by atoms with E-state index < -0.39 is 12.1 Å². The van der Waals surface area contributed by atoms with Crippen LogP contribution in [0.1, 0.15) is 39.5 Å². The number of benzene rings is 1. The van der Waals surface area contributed by atoms with E-state index in [-0.39, 0.29) is 5.91 Å². The predicted molar refractivity (Wildman–Crippen MR) is 93.1 cm³/mol. The van der Waals surface area contributed by atoms with Crippen molar-refractivity contribution in [2.75, 3.05) is 5.32 Å². The molecule has 0 aliphatic rings. The van der Waals surface area contributed by atoms with Crippen LogP contribution in [0, 0.1) is 13.8 Å². The van der Waals surface area contributed by atoms with Crippen molar-refractivity contribution in [1.29, 1.82) is 0 Å². The van der Waals surface area contributed by atoms with E-state index in [1.807, 2.05) is 38.1 Å². The Morgan fingerprint density at radius 1 is 1.22 bits per heavy atom. The van der Waals surface area contributed by atoms with Gasteiger partial charge < -0.3 is 10.1 Å². The quantitative estimate of drug-likeness (QED) is 0.839. The van der Waals surface area contributed by atoms with Gasteiger partial charge in [0.2, 0.25) is 0 Å². The minimum absolute atomic E-state index is 0.341. The van der Waals surface area contributed by atoms with Crippen molar-refractivity contribution >= 4 is 28.9 Å². The highest BCUT2D eigenvalue weighted by molar-refractivity contribution is 7.12. The molecule has 122 valence electrons. The van der Waals surface area contributed by atoms with Gasteiger partial charge in [0.1, 0.15) is 0 Å². The average Bonchev–Trinajstić information content (AvgIpc) is 2.86. The van der Waals surface area contributed by atoms with Crippen molar-refractivity contribution in [2.45, 2.75) is 40.2 Å². The van der Waals surface area contributed by atoms with Crippen LogP contribution in [0.25, 0.3) is 0 Å². The number of hydrogen-bond acceptors (Lipinski definition) is 4. The Morgan fingerprint density at radius 3 is 2.39 bits per heavy atom. The summed E-state index contributed by atoms with van der Waals surface area (Å²) in [5.41, 5.74) is 2.42. The van der Waals surface area contributed by atoms with Crippen LogP contribution >= 0.6 is 11.3 Å². The Labute approximate surface area is 140 Å². The maximum absolute atomic E-state index is 12.1. The molecule has 1 heterocycles. The third-order valence-electron chi connectivity index (χ3n) is 3.54. The predicted octanol–water partition coefficient (Wildman–Crippen LogP) is 4.11. The molecule has 0 radical (unpaired) electrons. The highest BCUT2D eigenvalue weighted by atomic mass is 32.1. The number of nitrogens with one attached hydrogen (secondary N) is 1. The summed E-state index contributed by atoms with van der Waals surface area (Å²) < 4.78 is 5.27. The molecule has 1 amide bonds. The van der Waals surface area contributed by atoms with E-state index in [0.29, 0.717) is 11.3 Å². The van der Waals surface area contributed by atoms with Gasteiger partial charge in [-0.25, -0.2) is 4.79 Å². The fraction of sp³-hybridized carbons (Fsp3) is 0.333. The Hall–Kier alpha value is -2.14. The van der Waals surface area contributed by atoms with Crippen molar-refractivity contribution in [3.8, 4) is 0 Å². The molecule has 0 aliphatic heterocycles. The lowest BCUT2D eigenvalue weighted by molar-refractivity contribution is -0.123. The van der Waals surface area contributed by atoms with E-state index >= 15 is 0 Å². The van der Waals surface area contributed by atoms with Crippen molar-refractivity contribution in [3.63, 3.8) is 0 Å². The molecule has 4 nitrogen and oxygen atoms in total. The molecular formula is C18H21NO3S. The van der Waals surface area contributed by atoms with Crippen molar-refractivity contribution in [2.24, 2.45) is 0 Å². The molecule has 0 saturated heterocycles. The number of thiophene rings is 1. The Bertz CT molecular complexity index is 704. The monoisotopic (exact) mass is 331 g/mol. The number of carbonyl (C=O) groups is 2. The van der Waals surface area contributed by atoms with Gasteiger partial charge in [0.05, 0.1) is 5.56 Å². The summed E-state index contributed by atoms with van der Waals surface area (Å²) in [4.78, 5) is 26.2. The van der Waals surface area contributed by atoms with Crippen LogP contribution < -0.4 is 5.32 Å². The first-order valence-corrected chi connectivity index (χ1v) is 8.40. The second kappa shape index (κ2) is 7.42. The van der Waals surface area contributed by atoms with E-state index in [2.05, 4.69) is 12.2 Å². The third kappa shape index (κ3) is 4.42. The zero-order chi connectivity index (χ0) is 17.0.